The van der Waals surface area contributed by atoms with E-state index in [4.69, 9.17) is 5.11 Å². The van der Waals surface area contributed by atoms with Crippen molar-refractivity contribution < 1.29 is 51.6 Å². The molecule has 1 aromatic rings. The second-order valence-electron chi connectivity index (χ2n) is 6.12. The van der Waals surface area contributed by atoms with Crippen LogP contribution >= 0.6 is 0 Å². The van der Waals surface area contributed by atoms with Gasteiger partial charge in [0.05, 0.1) is 11.0 Å². The van der Waals surface area contributed by atoms with Gasteiger partial charge in [0.2, 0.25) is 5.69 Å². The molecule has 3 nitrogen and oxygen atoms in total. The minimum absolute atomic E-state index is 0. The van der Waals surface area contributed by atoms with Crippen molar-refractivity contribution in [2.24, 2.45) is 0 Å². The fourth-order valence-corrected chi connectivity index (χ4v) is 2.84. The summed E-state index contributed by atoms with van der Waals surface area (Å²) < 4.78 is 38.8. The van der Waals surface area contributed by atoms with Crippen molar-refractivity contribution in [1.29, 1.82) is 0 Å². The van der Waals surface area contributed by atoms with Gasteiger partial charge in [0.15, 0.2) is 5.71 Å². The van der Waals surface area contributed by atoms with Crippen LogP contribution in [0, 0.1) is 0 Å². The lowest BCUT2D eigenvalue weighted by molar-refractivity contribution is -0.441. The molecular weight excluding hydrogens is 422 g/mol. The predicted octanol–water partition coefficient (Wildman–Crippen LogP) is 1.13. The van der Waals surface area contributed by atoms with E-state index in [-0.39, 0.29) is 47.9 Å². The Bertz CT molecular complexity index is 651. The summed E-state index contributed by atoms with van der Waals surface area (Å²) in [7, 11) is 0. The topological polar surface area (TPSA) is 40.3 Å². The van der Waals surface area contributed by atoms with Gasteiger partial charge >= 0.3 is 12.1 Å². The Balaban J connectivity index is 0.00000264. The molecule has 0 unspecified atom stereocenters. The first kappa shape index (κ1) is 19.9. The lowest BCUT2D eigenvalue weighted by Gasteiger charge is -2.15. The number of fused-ring (bicyclic) bond motifs is 1. The zero-order valence-electron chi connectivity index (χ0n) is 13.2. The maximum Gasteiger partial charge on any atom is 0.389 e. The second kappa shape index (κ2) is 6.78. The van der Waals surface area contributed by atoms with Gasteiger partial charge in [-0.05, 0) is 26.0 Å². The van der Waals surface area contributed by atoms with Crippen molar-refractivity contribution in [2.75, 3.05) is 6.54 Å². The zero-order chi connectivity index (χ0) is 16.7. The molecule has 0 saturated heterocycles. The van der Waals surface area contributed by atoms with Crippen molar-refractivity contribution >= 4 is 17.4 Å². The van der Waals surface area contributed by atoms with Crippen molar-refractivity contribution in [3.63, 3.8) is 0 Å². The number of carbonyl (C=O) groups is 1. The van der Waals surface area contributed by atoms with Crippen LogP contribution in [0.1, 0.15) is 49.5 Å². The zero-order valence-corrected chi connectivity index (χ0v) is 15.3. The van der Waals surface area contributed by atoms with Crippen LogP contribution in [-0.2, 0) is 5.41 Å². The van der Waals surface area contributed by atoms with E-state index in [1.807, 2.05) is 25.3 Å². The number of carboxylic acid groups (broad SMARTS) is 1. The molecule has 23 heavy (non-hydrogen) atoms. The molecule has 1 aliphatic rings. The summed E-state index contributed by atoms with van der Waals surface area (Å²) in [5.74, 6) is -1.01. The van der Waals surface area contributed by atoms with Crippen LogP contribution < -0.4 is 24.0 Å². The standard InChI is InChI=1S/C16H18F3NO2.HI/c1-10-15(2,3)12-9-11(14(21)22)5-6-13(12)20(10)8-4-7-16(17,18)19;/h5-6,9H,4,7-8H2,1-3H3;1H. The largest absolute Gasteiger partial charge is 1.00 e. The van der Waals surface area contributed by atoms with Crippen LogP contribution in [0.4, 0.5) is 18.9 Å². The van der Waals surface area contributed by atoms with Crippen LogP contribution in [0.15, 0.2) is 18.2 Å². The molecule has 0 spiro atoms. The van der Waals surface area contributed by atoms with E-state index < -0.39 is 18.6 Å². The molecule has 0 radical (unpaired) electrons. The molecule has 0 fully saturated rings. The van der Waals surface area contributed by atoms with Gasteiger partial charge in [-0.25, -0.2) is 4.79 Å². The molecule has 1 aromatic carbocycles. The minimum Gasteiger partial charge on any atom is -1.00 e. The first-order valence-corrected chi connectivity index (χ1v) is 7.10. The molecule has 128 valence electrons. The highest BCUT2D eigenvalue weighted by Crippen LogP contribution is 2.40. The van der Waals surface area contributed by atoms with Crippen LogP contribution in [0.3, 0.4) is 0 Å². The molecule has 0 amide bonds. The number of benzene rings is 1. The van der Waals surface area contributed by atoms with E-state index in [0.717, 1.165) is 17.0 Å². The Morgan fingerprint density at radius 1 is 1.30 bits per heavy atom. The first-order chi connectivity index (χ1) is 10.0. The normalized spacial score (nSPS) is 16.1. The number of alkyl halides is 3. The maximum atomic E-state index is 12.3. The van der Waals surface area contributed by atoms with Gasteiger partial charge < -0.3 is 29.1 Å². The molecule has 0 bridgehead atoms. The SMILES string of the molecule is CC1=[N+](CCCC(F)(F)F)c2ccc(C(=O)O)cc2C1(C)C.[I-]. The number of halogens is 4. The van der Waals surface area contributed by atoms with E-state index in [9.17, 15) is 18.0 Å². The van der Waals surface area contributed by atoms with Gasteiger partial charge in [-0.1, -0.05) is 0 Å². The van der Waals surface area contributed by atoms with E-state index in [0.29, 0.717) is 0 Å². The van der Waals surface area contributed by atoms with E-state index in [1.165, 1.54) is 6.07 Å². The molecule has 2 rings (SSSR count). The van der Waals surface area contributed by atoms with Gasteiger partial charge in [0.25, 0.3) is 0 Å². The third-order valence-corrected chi connectivity index (χ3v) is 4.36. The smallest absolute Gasteiger partial charge is 0.389 e. The Morgan fingerprint density at radius 3 is 2.43 bits per heavy atom. The fraction of sp³-hybridized carbons (Fsp3) is 0.500. The molecule has 1 N–H and O–H groups in total. The van der Waals surface area contributed by atoms with E-state index >= 15 is 0 Å². The van der Waals surface area contributed by atoms with Crippen LogP contribution in [0.25, 0.3) is 0 Å². The molecule has 7 heteroatoms. The van der Waals surface area contributed by atoms with Crippen molar-refractivity contribution in [1.82, 2.24) is 0 Å². The molecule has 0 saturated carbocycles. The van der Waals surface area contributed by atoms with Gasteiger partial charge in [0, 0.05) is 31.4 Å². The van der Waals surface area contributed by atoms with Crippen molar-refractivity contribution in [2.45, 2.75) is 45.2 Å². The minimum atomic E-state index is -4.15. The second-order valence-corrected chi connectivity index (χ2v) is 6.12. The van der Waals surface area contributed by atoms with Gasteiger partial charge in [-0.2, -0.15) is 17.7 Å². The number of carboxylic acids is 1. The Labute approximate surface area is 150 Å². The van der Waals surface area contributed by atoms with Crippen molar-refractivity contribution in [3.05, 3.63) is 29.3 Å². The highest BCUT2D eigenvalue weighted by molar-refractivity contribution is 5.95. The summed E-state index contributed by atoms with van der Waals surface area (Å²) in [4.78, 5) is 11.1. The molecule has 0 atom stereocenters. The summed E-state index contributed by atoms with van der Waals surface area (Å²) in [6.45, 7) is 6.06. The first-order valence-electron chi connectivity index (χ1n) is 7.10. The number of rotatable bonds is 4. The average molecular weight is 441 g/mol. The predicted molar refractivity (Wildman–Crippen MR) is 77.2 cm³/mol. The van der Waals surface area contributed by atoms with E-state index in [1.54, 1.807) is 12.1 Å². The number of hydrogen-bond acceptors (Lipinski definition) is 1. The number of hydrogen-bond donors (Lipinski definition) is 1. The number of aromatic carboxylic acids is 1. The van der Waals surface area contributed by atoms with Gasteiger partial charge in [0.1, 0.15) is 6.54 Å². The quantitative estimate of drug-likeness (QED) is 0.563. The third kappa shape index (κ3) is 4.05. The molecule has 0 aliphatic carbocycles. The average Bonchev–Trinajstić information content (AvgIpc) is 2.58. The Morgan fingerprint density at radius 2 is 1.91 bits per heavy atom. The van der Waals surface area contributed by atoms with Crippen LogP contribution in [-0.4, -0.2) is 34.1 Å². The molecular formula is C16H19F3INO2. The Hall–Kier alpha value is -1.12. The summed E-state index contributed by atoms with van der Waals surface area (Å²) in [6, 6.07) is 4.79. The summed E-state index contributed by atoms with van der Waals surface area (Å²) in [5, 5.41) is 9.10. The summed E-state index contributed by atoms with van der Waals surface area (Å²) in [6.07, 6.45) is -4.96. The summed E-state index contributed by atoms with van der Waals surface area (Å²) >= 11 is 0. The van der Waals surface area contributed by atoms with Gasteiger partial charge in [-0.3, -0.25) is 0 Å². The van der Waals surface area contributed by atoms with Crippen LogP contribution in [0.2, 0.25) is 0 Å². The third-order valence-electron chi connectivity index (χ3n) is 4.36. The summed E-state index contributed by atoms with van der Waals surface area (Å²) in [5.41, 5.74) is 2.38. The molecule has 0 aromatic heterocycles. The monoisotopic (exact) mass is 441 g/mol. The molecule has 1 heterocycles. The maximum absolute atomic E-state index is 12.3. The lowest BCUT2D eigenvalue weighted by Crippen LogP contribution is -3.00. The molecule has 1 aliphatic heterocycles. The highest BCUT2D eigenvalue weighted by atomic mass is 127. The fourth-order valence-electron chi connectivity index (χ4n) is 2.84. The Kier molecular flexibility index (Phi) is 5.88. The van der Waals surface area contributed by atoms with Gasteiger partial charge in [-0.15, -0.1) is 0 Å². The van der Waals surface area contributed by atoms with Crippen LogP contribution in [0.5, 0.6) is 0 Å². The lowest BCUT2D eigenvalue weighted by atomic mass is 9.81. The highest BCUT2D eigenvalue weighted by Gasteiger charge is 2.43. The number of nitrogens with zero attached hydrogens (tertiary/aromatic N) is 1. The van der Waals surface area contributed by atoms with Crippen molar-refractivity contribution in [3.8, 4) is 0 Å². The van der Waals surface area contributed by atoms with E-state index in [2.05, 4.69) is 0 Å².